The number of carbonyl (C=O) groups excluding carboxylic acids is 1. The Bertz CT molecular complexity index is 974. The minimum absolute atomic E-state index is 0.00770. The minimum atomic E-state index is -4.01. The van der Waals surface area contributed by atoms with E-state index in [2.05, 4.69) is 10.0 Å². The van der Waals surface area contributed by atoms with Crippen LogP contribution in [0.25, 0.3) is 0 Å². The normalized spacial score (nSPS) is 18.5. The second-order valence-electron chi connectivity index (χ2n) is 5.68. The number of aryl methyl sites for hydroxylation is 1. The van der Waals surface area contributed by atoms with Gasteiger partial charge in [0.1, 0.15) is 11.5 Å². The van der Waals surface area contributed by atoms with Crippen LogP contribution in [0.5, 0.6) is 5.75 Å². The second kappa shape index (κ2) is 6.67. The summed E-state index contributed by atoms with van der Waals surface area (Å²) in [4.78, 5) is 12.3. The molecule has 1 atom stereocenters. The Hall–Kier alpha value is -2.50. The fraction of sp³-hybridized carbons (Fsp3) is 0.267. The molecule has 1 aromatic carbocycles. The van der Waals surface area contributed by atoms with Crippen molar-refractivity contribution in [1.29, 1.82) is 0 Å². The third-order valence-electron chi connectivity index (χ3n) is 3.76. The molecule has 8 nitrogen and oxygen atoms in total. The standard InChI is InChI=1S/C15H15F2N3O5S/c1-20-5-12-14(25-7-9(6-21)19-26(12,23)24)13(20)15(22)18-8-2-3-10(16)11(17)4-8/h2-5,9,19,21H,6-7H2,1H3,(H,18,22). The van der Waals surface area contributed by atoms with E-state index in [1.54, 1.807) is 0 Å². The van der Waals surface area contributed by atoms with Gasteiger partial charge in [0, 0.05) is 25.0 Å². The molecular weight excluding hydrogens is 372 g/mol. The van der Waals surface area contributed by atoms with Gasteiger partial charge in [-0.05, 0) is 12.1 Å². The van der Waals surface area contributed by atoms with Gasteiger partial charge in [-0.3, -0.25) is 4.79 Å². The Morgan fingerprint density at radius 3 is 2.81 bits per heavy atom. The van der Waals surface area contributed by atoms with E-state index in [9.17, 15) is 27.1 Å². The van der Waals surface area contributed by atoms with E-state index >= 15 is 0 Å². The third-order valence-corrected chi connectivity index (χ3v) is 5.27. The lowest BCUT2D eigenvalue weighted by Crippen LogP contribution is -2.39. The average molecular weight is 387 g/mol. The first-order valence-electron chi connectivity index (χ1n) is 7.44. The highest BCUT2D eigenvalue weighted by Crippen LogP contribution is 2.32. The summed E-state index contributed by atoms with van der Waals surface area (Å²) in [5.74, 6) is -3.15. The van der Waals surface area contributed by atoms with Gasteiger partial charge in [-0.1, -0.05) is 0 Å². The number of sulfonamides is 1. The van der Waals surface area contributed by atoms with Crippen molar-refractivity contribution in [2.45, 2.75) is 10.9 Å². The Balaban J connectivity index is 1.98. The maximum Gasteiger partial charge on any atom is 0.276 e. The Morgan fingerprint density at radius 1 is 1.42 bits per heavy atom. The lowest BCUT2D eigenvalue weighted by Gasteiger charge is -2.13. The molecule has 0 fully saturated rings. The fourth-order valence-electron chi connectivity index (χ4n) is 2.53. The molecule has 1 aliphatic rings. The van der Waals surface area contributed by atoms with Gasteiger partial charge in [-0.15, -0.1) is 0 Å². The predicted octanol–water partition coefficient (Wildman–Crippen LogP) is 0.587. The van der Waals surface area contributed by atoms with Crippen LogP contribution in [0.3, 0.4) is 0 Å². The molecule has 0 saturated heterocycles. The molecule has 0 radical (unpaired) electrons. The first kappa shape index (κ1) is 18.3. The Kier molecular flexibility index (Phi) is 4.69. The number of aliphatic hydroxyl groups excluding tert-OH is 1. The van der Waals surface area contributed by atoms with Crippen LogP contribution in [0.1, 0.15) is 10.5 Å². The molecule has 26 heavy (non-hydrogen) atoms. The zero-order valence-corrected chi connectivity index (χ0v) is 14.3. The van der Waals surface area contributed by atoms with E-state index in [0.29, 0.717) is 0 Å². The molecule has 0 bridgehead atoms. The number of hydrogen-bond acceptors (Lipinski definition) is 5. The quantitative estimate of drug-likeness (QED) is 0.714. The number of ether oxygens (including phenoxy) is 1. The molecule has 2 aromatic rings. The second-order valence-corrected chi connectivity index (χ2v) is 7.36. The smallest absolute Gasteiger partial charge is 0.276 e. The van der Waals surface area contributed by atoms with Gasteiger partial charge in [-0.25, -0.2) is 21.9 Å². The highest BCUT2D eigenvalue weighted by molar-refractivity contribution is 7.89. The fourth-order valence-corrected chi connectivity index (χ4v) is 3.93. The van der Waals surface area contributed by atoms with E-state index in [1.807, 2.05) is 0 Å². The monoisotopic (exact) mass is 387 g/mol. The number of aromatic nitrogens is 1. The predicted molar refractivity (Wildman–Crippen MR) is 86.4 cm³/mol. The number of anilines is 1. The van der Waals surface area contributed by atoms with Crippen LogP contribution in [-0.4, -0.2) is 43.3 Å². The van der Waals surface area contributed by atoms with Crippen molar-refractivity contribution in [3.8, 4) is 5.75 Å². The van der Waals surface area contributed by atoms with Gasteiger partial charge in [-0.2, -0.15) is 0 Å². The number of nitrogens with zero attached hydrogens (tertiary/aromatic N) is 1. The zero-order chi connectivity index (χ0) is 19.1. The van der Waals surface area contributed by atoms with Gasteiger partial charge in [0.15, 0.2) is 23.1 Å². The van der Waals surface area contributed by atoms with E-state index in [0.717, 1.165) is 12.1 Å². The van der Waals surface area contributed by atoms with Gasteiger partial charge in [0.05, 0.1) is 12.6 Å². The molecule has 3 N–H and O–H groups in total. The highest BCUT2D eigenvalue weighted by Gasteiger charge is 2.34. The van der Waals surface area contributed by atoms with E-state index in [4.69, 9.17) is 4.74 Å². The molecule has 0 aliphatic carbocycles. The lowest BCUT2D eigenvalue weighted by molar-refractivity contribution is 0.101. The summed E-state index contributed by atoms with van der Waals surface area (Å²) in [6.45, 7) is -0.662. The zero-order valence-electron chi connectivity index (χ0n) is 13.5. The summed E-state index contributed by atoms with van der Waals surface area (Å²) < 4.78 is 59.9. The largest absolute Gasteiger partial charge is 0.488 e. The van der Waals surface area contributed by atoms with Crippen molar-refractivity contribution in [3.05, 3.63) is 41.7 Å². The summed E-state index contributed by atoms with van der Waals surface area (Å²) in [6.07, 6.45) is 1.19. The summed E-state index contributed by atoms with van der Waals surface area (Å²) in [7, 11) is -2.56. The summed E-state index contributed by atoms with van der Waals surface area (Å²) in [5.41, 5.74) is -0.125. The number of hydrogen-bond donors (Lipinski definition) is 3. The first-order chi connectivity index (χ1) is 12.2. The van der Waals surface area contributed by atoms with Crippen molar-refractivity contribution in [2.24, 2.45) is 7.05 Å². The van der Waals surface area contributed by atoms with Crippen molar-refractivity contribution in [2.75, 3.05) is 18.5 Å². The van der Waals surface area contributed by atoms with Gasteiger partial charge >= 0.3 is 0 Å². The van der Waals surface area contributed by atoms with Crippen molar-refractivity contribution in [3.63, 3.8) is 0 Å². The lowest BCUT2D eigenvalue weighted by atomic mass is 10.2. The molecular formula is C15H15F2N3O5S. The highest BCUT2D eigenvalue weighted by atomic mass is 32.2. The summed E-state index contributed by atoms with van der Waals surface area (Å²) in [6, 6.07) is 1.96. The number of fused-ring (bicyclic) bond motifs is 1. The minimum Gasteiger partial charge on any atom is -0.488 e. The van der Waals surface area contributed by atoms with Crippen LogP contribution in [0.2, 0.25) is 0 Å². The number of rotatable bonds is 3. The van der Waals surface area contributed by atoms with E-state index < -0.39 is 40.2 Å². The van der Waals surface area contributed by atoms with Crippen LogP contribution in [0.15, 0.2) is 29.3 Å². The molecule has 1 amide bonds. The van der Waals surface area contributed by atoms with Crippen molar-refractivity contribution < 1.29 is 31.8 Å². The molecule has 2 heterocycles. The molecule has 1 aliphatic heterocycles. The third kappa shape index (κ3) is 3.28. The van der Waals surface area contributed by atoms with Crippen LogP contribution in [-0.2, 0) is 17.1 Å². The van der Waals surface area contributed by atoms with E-state index in [-0.39, 0.29) is 28.6 Å². The first-order valence-corrected chi connectivity index (χ1v) is 8.93. The van der Waals surface area contributed by atoms with Crippen LogP contribution in [0.4, 0.5) is 14.5 Å². The molecule has 0 spiro atoms. The Morgan fingerprint density at radius 2 is 2.15 bits per heavy atom. The van der Waals surface area contributed by atoms with Crippen LogP contribution >= 0.6 is 0 Å². The molecule has 0 saturated carbocycles. The number of halogens is 2. The molecule has 1 unspecified atom stereocenters. The molecule has 3 rings (SSSR count). The van der Waals surface area contributed by atoms with Crippen molar-refractivity contribution >= 4 is 21.6 Å². The van der Waals surface area contributed by atoms with Gasteiger partial charge in [0.25, 0.3) is 5.91 Å². The maximum absolute atomic E-state index is 13.3. The average Bonchev–Trinajstić information content (AvgIpc) is 2.86. The summed E-state index contributed by atoms with van der Waals surface area (Å²) >= 11 is 0. The maximum atomic E-state index is 13.3. The summed E-state index contributed by atoms with van der Waals surface area (Å²) in [5, 5.41) is 11.5. The van der Waals surface area contributed by atoms with Crippen molar-refractivity contribution in [1.82, 2.24) is 9.29 Å². The molecule has 11 heteroatoms. The molecule has 140 valence electrons. The number of nitrogens with one attached hydrogen (secondary N) is 2. The van der Waals surface area contributed by atoms with E-state index in [1.165, 1.54) is 23.9 Å². The van der Waals surface area contributed by atoms with Crippen LogP contribution < -0.4 is 14.8 Å². The Labute approximate surface area is 147 Å². The number of benzene rings is 1. The number of carbonyl (C=O) groups is 1. The van der Waals surface area contributed by atoms with Crippen LogP contribution in [0, 0.1) is 11.6 Å². The van der Waals surface area contributed by atoms with Gasteiger partial charge in [0.2, 0.25) is 10.0 Å². The SMILES string of the molecule is Cn1cc2c(c1C(=O)Nc1ccc(F)c(F)c1)OCC(CO)NS2(=O)=O. The molecule has 1 aromatic heterocycles. The number of amides is 1. The topological polar surface area (TPSA) is 110 Å². The van der Waals surface area contributed by atoms with Gasteiger partial charge < -0.3 is 19.7 Å². The number of aliphatic hydroxyl groups is 1.